The van der Waals surface area contributed by atoms with Gasteiger partial charge in [0.1, 0.15) is 0 Å². The van der Waals surface area contributed by atoms with Crippen LogP contribution in [0.1, 0.15) is 0 Å². The minimum absolute atomic E-state index is 0.443. The summed E-state index contributed by atoms with van der Waals surface area (Å²) < 4.78 is 6.29. The molecule has 14 heavy (non-hydrogen) atoms. The third-order valence-corrected chi connectivity index (χ3v) is 3.29. The Kier molecular flexibility index (Phi) is 6.09. The molecule has 2 heteroatoms. The number of allylic oxidation sites excluding steroid dienone is 2. The van der Waals surface area contributed by atoms with Crippen LogP contribution < -0.4 is 4.46 Å². The fraction of sp³-hybridized carbons (Fsp3) is 0.167. The first-order valence-electron chi connectivity index (χ1n) is 4.46. The molecule has 0 spiro atoms. The summed E-state index contributed by atoms with van der Waals surface area (Å²) in [4.78, 5) is 2.20. The molecule has 0 saturated carbocycles. The first-order chi connectivity index (χ1) is 6.93. The average molecular weight is 253 g/mol. The zero-order valence-electron chi connectivity index (χ0n) is 8.22. The van der Waals surface area contributed by atoms with Crippen LogP contribution in [0.3, 0.4) is 0 Å². The summed E-state index contributed by atoms with van der Waals surface area (Å²) in [5, 5.41) is 0. The van der Waals surface area contributed by atoms with Crippen LogP contribution >= 0.6 is 0 Å². The van der Waals surface area contributed by atoms with Crippen LogP contribution in [-0.4, -0.2) is 28.7 Å². The van der Waals surface area contributed by atoms with E-state index >= 15 is 0 Å². The van der Waals surface area contributed by atoms with Gasteiger partial charge < -0.3 is 0 Å². The second-order valence-electron chi connectivity index (χ2n) is 2.64. The summed E-state index contributed by atoms with van der Waals surface area (Å²) >= 11 is 0.443. The average Bonchev–Trinajstić information content (AvgIpc) is 2.25. The molecule has 0 fully saturated rings. The molecule has 0 aliphatic carbocycles. The van der Waals surface area contributed by atoms with Crippen molar-refractivity contribution in [3.05, 3.63) is 53.5 Å². The maximum atomic E-state index is 4.89. The molecule has 1 nitrogen and oxygen atoms in total. The van der Waals surface area contributed by atoms with E-state index in [0.717, 1.165) is 0 Å². The fourth-order valence-electron chi connectivity index (χ4n) is 0.893. The molecule has 0 N–H and O–H groups in total. The molecule has 0 aliphatic rings. The first-order valence-corrected chi connectivity index (χ1v) is 6.30. The Bertz CT molecular complexity index is 290. The summed E-state index contributed by atoms with van der Waals surface area (Å²) in [5.41, 5.74) is 0. The number of rotatable bonds is 5. The van der Waals surface area contributed by atoms with Gasteiger partial charge in [0.2, 0.25) is 0 Å². The van der Waals surface area contributed by atoms with Crippen molar-refractivity contribution in [1.29, 1.82) is 0 Å². The zero-order chi connectivity index (χ0) is 10.1. The van der Waals surface area contributed by atoms with Crippen molar-refractivity contribution in [2.24, 2.45) is 0 Å². The molecule has 0 aliphatic heterocycles. The van der Waals surface area contributed by atoms with Gasteiger partial charge in [-0.3, -0.25) is 0 Å². The van der Waals surface area contributed by atoms with Gasteiger partial charge in [-0.15, -0.1) is 0 Å². The van der Waals surface area contributed by atoms with E-state index in [1.165, 1.54) is 4.46 Å². The Hall–Kier alpha value is -0.821. The van der Waals surface area contributed by atoms with Crippen LogP contribution in [-0.2, 0) is 4.74 Å². The van der Waals surface area contributed by atoms with Crippen LogP contribution in [0.15, 0.2) is 53.5 Å². The number of ether oxygens (including phenoxy) is 1. The third-order valence-electron chi connectivity index (χ3n) is 1.54. The van der Waals surface area contributed by atoms with Crippen molar-refractivity contribution >= 4 is 19.4 Å². The molecular weight excluding hydrogens is 239 g/mol. The van der Waals surface area contributed by atoms with Gasteiger partial charge in [-0.05, 0) is 0 Å². The molecule has 0 amide bonds. The normalized spacial score (nSPS) is 11.5. The van der Waals surface area contributed by atoms with Crippen LogP contribution in [0.25, 0.3) is 0 Å². The van der Waals surface area contributed by atoms with E-state index in [9.17, 15) is 0 Å². The van der Waals surface area contributed by atoms with Crippen LogP contribution in [0.4, 0.5) is 0 Å². The molecule has 0 heterocycles. The van der Waals surface area contributed by atoms with E-state index in [1.807, 2.05) is 18.2 Å². The number of hydrogen-bond acceptors (Lipinski definition) is 1. The number of hydrogen-bond donors (Lipinski definition) is 0. The molecule has 0 aromatic heterocycles. The molecule has 0 atom stereocenters. The van der Waals surface area contributed by atoms with E-state index in [-0.39, 0.29) is 0 Å². The van der Waals surface area contributed by atoms with Crippen molar-refractivity contribution in [3.63, 3.8) is 0 Å². The van der Waals surface area contributed by atoms with Gasteiger partial charge in [0, 0.05) is 0 Å². The summed E-state index contributed by atoms with van der Waals surface area (Å²) in [6.07, 6.45) is 6.10. The van der Waals surface area contributed by atoms with Crippen molar-refractivity contribution in [3.8, 4) is 0 Å². The van der Waals surface area contributed by atoms with E-state index in [2.05, 4.69) is 35.3 Å². The van der Waals surface area contributed by atoms with E-state index in [1.54, 1.807) is 7.11 Å². The first kappa shape index (κ1) is 11.3. The molecule has 1 rings (SSSR count). The van der Waals surface area contributed by atoms with Gasteiger partial charge >= 0.3 is 91.4 Å². The molecule has 1 aromatic rings. The van der Waals surface area contributed by atoms with Crippen molar-refractivity contribution < 1.29 is 4.74 Å². The Morgan fingerprint density at radius 3 is 2.71 bits per heavy atom. The molecule has 74 valence electrons. The third kappa shape index (κ3) is 5.03. The Labute approximate surface area is 91.6 Å². The van der Waals surface area contributed by atoms with Gasteiger partial charge in [-0.2, -0.15) is 0 Å². The van der Waals surface area contributed by atoms with Gasteiger partial charge in [0.05, 0.1) is 0 Å². The predicted molar refractivity (Wildman–Crippen MR) is 62.0 cm³/mol. The molecule has 0 unspecified atom stereocenters. The summed E-state index contributed by atoms with van der Waals surface area (Å²) in [5.74, 6) is 0. The molecular formula is C12H14OSe. The second-order valence-corrected chi connectivity index (χ2v) is 4.70. The molecule has 0 saturated heterocycles. The standard InChI is InChI=1S/C12H14OSe/c1-13-10-6-3-7-11-14-12-8-4-2-5-9-12/h2-9,11H,10H2,1H3/b6-3+,11-7+. The zero-order valence-corrected chi connectivity index (χ0v) is 9.93. The topological polar surface area (TPSA) is 9.23 Å². The van der Waals surface area contributed by atoms with Gasteiger partial charge in [0.25, 0.3) is 0 Å². The van der Waals surface area contributed by atoms with Crippen molar-refractivity contribution in [2.75, 3.05) is 13.7 Å². The summed E-state index contributed by atoms with van der Waals surface area (Å²) in [6, 6.07) is 10.5. The number of benzene rings is 1. The van der Waals surface area contributed by atoms with Gasteiger partial charge in [-0.1, -0.05) is 0 Å². The Morgan fingerprint density at radius 2 is 2.00 bits per heavy atom. The fourth-order valence-corrected chi connectivity index (χ4v) is 2.24. The van der Waals surface area contributed by atoms with Crippen molar-refractivity contribution in [1.82, 2.24) is 0 Å². The molecule has 0 radical (unpaired) electrons. The van der Waals surface area contributed by atoms with Crippen LogP contribution in [0.5, 0.6) is 0 Å². The molecule has 0 bridgehead atoms. The van der Waals surface area contributed by atoms with Gasteiger partial charge in [-0.25, -0.2) is 0 Å². The summed E-state index contributed by atoms with van der Waals surface area (Å²) in [6.45, 7) is 0.683. The predicted octanol–water partition coefficient (Wildman–Crippen LogP) is 1.73. The monoisotopic (exact) mass is 254 g/mol. The van der Waals surface area contributed by atoms with Crippen molar-refractivity contribution in [2.45, 2.75) is 0 Å². The quantitative estimate of drug-likeness (QED) is 0.573. The minimum atomic E-state index is 0.443. The summed E-state index contributed by atoms with van der Waals surface area (Å²) in [7, 11) is 1.70. The maximum absolute atomic E-state index is 4.89. The second kappa shape index (κ2) is 7.57. The van der Waals surface area contributed by atoms with Crippen LogP contribution in [0.2, 0.25) is 0 Å². The van der Waals surface area contributed by atoms with Gasteiger partial charge in [0.15, 0.2) is 0 Å². The SMILES string of the molecule is COC/C=C/C=C/[Se]c1ccccc1. The van der Waals surface area contributed by atoms with E-state index < -0.39 is 0 Å². The van der Waals surface area contributed by atoms with Crippen LogP contribution in [0, 0.1) is 0 Å². The van der Waals surface area contributed by atoms with E-state index in [4.69, 9.17) is 4.74 Å². The molecule has 1 aromatic carbocycles. The van der Waals surface area contributed by atoms with E-state index in [0.29, 0.717) is 21.6 Å². The Morgan fingerprint density at radius 1 is 1.21 bits per heavy atom. The Balaban J connectivity index is 2.27. The number of methoxy groups -OCH3 is 1.